The molecule has 32 heavy (non-hydrogen) atoms. The first-order valence-electron chi connectivity index (χ1n) is 8.36. The number of benzene rings is 2. The fraction of sp³-hybridized carbons (Fsp3) is 0.167. The second kappa shape index (κ2) is 11.4. The summed E-state index contributed by atoms with van der Waals surface area (Å²) in [5.74, 6) is -0.862. The summed E-state index contributed by atoms with van der Waals surface area (Å²) in [7, 11) is 6.42. The van der Waals surface area contributed by atoms with E-state index in [9.17, 15) is 22.6 Å². The van der Waals surface area contributed by atoms with Crippen LogP contribution in [-0.2, 0) is 19.6 Å². The molecule has 0 aliphatic carbocycles. The van der Waals surface area contributed by atoms with Gasteiger partial charge < -0.3 is 9.47 Å². The van der Waals surface area contributed by atoms with Crippen molar-refractivity contribution in [2.75, 3.05) is 19.2 Å². The van der Waals surface area contributed by atoms with Crippen molar-refractivity contribution in [3.05, 3.63) is 40.4 Å². The Balaban J connectivity index is 2.37. The van der Waals surface area contributed by atoms with Gasteiger partial charge in [0, 0.05) is 13.1 Å². The van der Waals surface area contributed by atoms with Crippen molar-refractivity contribution in [1.82, 2.24) is 5.32 Å². The highest BCUT2D eigenvalue weighted by atomic mass is 35.7. The third-order valence-electron chi connectivity index (χ3n) is 3.77. The molecule has 1 atom stereocenters. The summed E-state index contributed by atoms with van der Waals surface area (Å²) in [5, 5.41) is 6.00. The third-order valence-corrected chi connectivity index (χ3v) is 5.50. The SMILES string of the molecule is COc1ccc(Oc2c(Cl)cc(N(C)/N=C(\C(=O)NC=O)C(F)F)cc2Cl)cc1S(=O)Cl. The van der Waals surface area contributed by atoms with E-state index in [1.165, 1.54) is 44.5 Å². The van der Waals surface area contributed by atoms with Gasteiger partial charge in [0.15, 0.2) is 21.5 Å². The molecule has 0 heterocycles. The quantitative estimate of drug-likeness (QED) is 0.224. The van der Waals surface area contributed by atoms with Gasteiger partial charge in [-0.3, -0.25) is 19.9 Å². The van der Waals surface area contributed by atoms with Crippen molar-refractivity contribution in [3.63, 3.8) is 0 Å². The maximum atomic E-state index is 13.1. The summed E-state index contributed by atoms with van der Waals surface area (Å²) in [6.45, 7) is 0. The number of amides is 2. The van der Waals surface area contributed by atoms with Crippen LogP contribution >= 0.6 is 33.9 Å². The number of hydrogen-bond acceptors (Lipinski definition) is 7. The van der Waals surface area contributed by atoms with Gasteiger partial charge in [0.1, 0.15) is 16.4 Å². The Kier molecular flexibility index (Phi) is 9.20. The molecule has 0 saturated heterocycles. The lowest BCUT2D eigenvalue weighted by atomic mass is 10.2. The highest BCUT2D eigenvalue weighted by Crippen LogP contribution is 2.41. The van der Waals surface area contributed by atoms with Gasteiger partial charge in [0.25, 0.3) is 12.3 Å². The Morgan fingerprint density at radius 2 is 1.88 bits per heavy atom. The highest BCUT2D eigenvalue weighted by Gasteiger charge is 2.23. The molecular weight excluding hydrogens is 515 g/mol. The summed E-state index contributed by atoms with van der Waals surface area (Å²) >= 11 is 12.5. The summed E-state index contributed by atoms with van der Waals surface area (Å²) in [4.78, 5) is 22.1. The maximum Gasteiger partial charge on any atom is 0.287 e. The van der Waals surface area contributed by atoms with E-state index in [-0.39, 0.29) is 44.3 Å². The molecule has 14 heteroatoms. The molecule has 1 N–H and O–H groups in total. The van der Waals surface area contributed by atoms with E-state index in [2.05, 4.69) is 5.10 Å². The first kappa shape index (κ1) is 25.8. The Morgan fingerprint density at radius 3 is 2.38 bits per heavy atom. The smallest absolute Gasteiger partial charge is 0.287 e. The van der Waals surface area contributed by atoms with Crippen LogP contribution in [0.1, 0.15) is 0 Å². The fourth-order valence-electron chi connectivity index (χ4n) is 2.33. The number of ether oxygens (including phenoxy) is 2. The molecule has 0 radical (unpaired) electrons. The van der Waals surface area contributed by atoms with Gasteiger partial charge in [-0.2, -0.15) is 5.10 Å². The number of carbonyl (C=O) groups excluding carboxylic acids is 2. The van der Waals surface area contributed by atoms with E-state index in [1.807, 2.05) is 0 Å². The molecule has 2 aromatic carbocycles. The Morgan fingerprint density at radius 1 is 1.25 bits per heavy atom. The van der Waals surface area contributed by atoms with Crippen LogP contribution in [-0.4, -0.2) is 42.8 Å². The lowest BCUT2D eigenvalue weighted by Gasteiger charge is -2.18. The van der Waals surface area contributed by atoms with E-state index in [1.54, 1.807) is 5.32 Å². The van der Waals surface area contributed by atoms with Crippen LogP contribution in [0.4, 0.5) is 14.5 Å². The van der Waals surface area contributed by atoms with Gasteiger partial charge in [-0.05, 0) is 34.9 Å². The van der Waals surface area contributed by atoms with Crippen molar-refractivity contribution in [2.24, 2.45) is 5.10 Å². The van der Waals surface area contributed by atoms with Crippen molar-refractivity contribution in [1.29, 1.82) is 0 Å². The summed E-state index contributed by atoms with van der Waals surface area (Å²) < 4.78 is 48.6. The largest absolute Gasteiger partial charge is 0.495 e. The highest BCUT2D eigenvalue weighted by molar-refractivity contribution is 8.08. The first-order chi connectivity index (χ1) is 15.1. The number of anilines is 1. The predicted octanol–water partition coefficient (Wildman–Crippen LogP) is 4.39. The Labute approximate surface area is 198 Å². The monoisotopic (exact) mass is 527 g/mol. The van der Waals surface area contributed by atoms with Crippen LogP contribution in [0.2, 0.25) is 10.0 Å². The summed E-state index contributed by atoms with van der Waals surface area (Å²) in [6.07, 6.45) is -3.28. The van der Waals surface area contributed by atoms with E-state index in [0.29, 0.717) is 0 Å². The molecule has 2 rings (SSSR count). The molecular formula is C18H14Cl3F2N3O5S. The number of nitrogens with zero attached hydrogens (tertiary/aromatic N) is 2. The van der Waals surface area contributed by atoms with Crippen LogP contribution in [0.3, 0.4) is 0 Å². The van der Waals surface area contributed by atoms with Crippen molar-refractivity contribution in [3.8, 4) is 17.2 Å². The molecule has 8 nitrogen and oxygen atoms in total. The fourth-order valence-corrected chi connectivity index (χ4v) is 3.76. The normalized spacial score (nSPS) is 12.3. The molecule has 0 bridgehead atoms. The number of imide groups is 1. The Bertz CT molecular complexity index is 1060. The van der Waals surface area contributed by atoms with Crippen molar-refractivity contribution in [2.45, 2.75) is 11.3 Å². The number of alkyl halides is 2. The summed E-state index contributed by atoms with van der Waals surface area (Å²) in [5.41, 5.74) is -1.05. The number of hydrazone groups is 1. The third kappa shape index (κ3) is 6.28. The van der Waals surface area contributed by atoms with Crippen LogP contribution in [0.25, 0.3) is 0 Å². The molecule has 0 spiro atoms. The molecule has 0 aliphatic rings. The van der Waals surface area contributed by atoms with Crippen LogP contribution in [0.5, 0.6) is 17.2 Å². The first-order valence-corrected chi connectivity index (χ1v) is 11.1. The van der Waals surface area contributed by atoms with Gasteiger partial charge >= 0.3 is 0 Å². The lowest BCUT2D eigenvalue weighted by Crippen LogP contribution is -2.36. The second-order valence-corrected chi connectivity index (χ2v) is 8.32. The maximum absolute atomic E-state index is 13.1. The average molecular weight is 529 g/mol. The molecule has 1 unspecified atom stereocenters. The lowest BCUT2D eigenvalue weighted by molar-refractivity contribution is -0.120. The van der Waals surface area contributed by atoms with E-state index >= 15 is 0 Å². The minimum Gasteiger partial charge on any atom is -0.495 e. The predicted molar refractivity (Wildman–Crippen MR) is 118 cm³/mol. The van der Waals surface area contributed by atoms with E-state index in [0.717, 1.165) is 5.01 Å². The number of nitrogens with one attached hydrogen (secondary N) is 1. The zero-order valence-electron chi connectivity index (χ0n) is 16.3. The van der Waals surface area contributed by atoms with Crippen molar-refractivity contribution < 1.29 is 32.1 Å². The molecule has 0 fully saturated rings. The molecule has 0 aliphatic heterocycles. The van der Waals surface area contributed by atoms with Gasteiger partial charge in [0.2, 0.25) is 6.41 Å². The van der Waals surface area contributed by atoms with Gasteiger partial charge in [0.05, 0.1) is 22.8 Å². The van der Waals surface area contributed by atoms with Crippen LogP contribution < -0.4 is 19.8 Å². The van der Waals surface area contributed by atoms with E-state index in [4.69, 9.17) is 43.4 Å². The number of carbonyl (C=O) groups is 2. The number of methoxy groups -OCH3 is 1. The van der Waals surface area contributed by atoms with Crippen molar-refractivity contribution >= 4 is 67.6 Å². The van der Waals surface area contributed by atoms with Crippen LogP contribution in [0, 0.1) is 0 Å². The van der Waals surface area contributed by atoms with Gasteiger partial charge in [-0.15, -0.1) is 0 Å². The average Bonchev–Trinajstić information content (AvgIpc) is 2.73. The minimum absolute atomic E-state index is 0.0127. The van der Waals surface area contributed by atoms with Crippen LogP contribution in [0.15, 0.2) is 40.3 Å². The van der Waals surface area contributed by atoms with Gasteiger partial charge in [-0.1, -0.05) is 23.2 Å². The zero-order chi connectivity index (χ0) is 24.0. The number of hydrogen-bond donors (Lipinski definition) is 1. The molecule has 0 saturated carbocycles. The molecule has 172 valence electrons. The topological polar surface area (TPSA) is 97.3 Å². The number of halogens is 5. The number of rotatable bonds is 9. The molecule has 0 aromatic heterocycles. The standard InChI is InChI=1S/C18H14Cl3F2N3O5S/c1-26(25-15(17(22)23)18(28)24-8-27)9-5-11(19)16(12(20)6-9)31-10-3-4-13(30-2)14(7-10)32(21)29/h3-8,17H,1-2H3,(H,24,27,28)/b25-15-. The summed E-state index contributed by atoms with van der Waals surface area (Å²) in [6, 6.07) is 6.97. The zero-order valence-corrected chi connectivity index (χ0v) is 19.4. The van der Waals surface area contributed by atoms with E-state index < -0.39 is 28.1 Å². The molecule has 2 aromatic rings. The minimum atomic E-state index is -3.25. The second-order valence-electron chi connectivity index (χ2n) is 5.78. The Hall–Kier alpha value is -2.47. The van der Waals surface area contributed by atoms with Gasteiger partial charge in [-0.25, -0.2) is 13.0 Å². The molecule has 2 amide bonds.